The van der Waals surface area contributed by atoms with Crippen LogP contribution in [0.5, 0.6) is 0 Å². The summed E-state index contributed by atoms with van der Waals surface area (Å²) in [4.78, 5) is 13.4. The van der Waals surface area contributed by atoms with Crippen molar-refractivity contribution in [3.05, 3.63) is 47.5 Å². The molecule has 1 aliphatic heterocycles. The predicted octanol–water partition coefficient (Wildman–Crippen LogP) is 1.61. The van der Waals surface area contributed by atoms with E-state index in [1.54, 1.807) is 0 Å². The number of nitrogens with zero attached hydrogens (tertiary/aromatic N) is 1. The largest absolute Gasteiger partial charge is 0.394 e. The third-order valence-electron chi connectivity index (χ3n) is 3.39. The maximum Gasteiger partial charge on any atom is 0.249 e. The van der Waals surface area contributed by atoms with Crippen LogP contribution in [-0.2, 0) is 4.79 Å². The van der Waals surface area contributed by atoms with Crippen molar-refractivity contribution < 1.29 is 15.0 Å². The van der Waals surface area contributed by atoms with Crippen molar-refractivity contribution in [3.8, 4) is 0 Å². The number of hydrogen-bond acceptors (Lipinski definition) is 3. The number of rotatable bonds is 5. The van der Waals surface area contributed by atoms with Gasteiger partial charge in [0.25, 0.3) is 0 Å². The van der Waals surface area contributed by atoms with Crippen LogP contribution in [0.1, 0.15) is 31.4 Å². The lowest BCUT2D eigenvalue weighted by molar-refractivity contribution is -0.136. The molecule has 0 aromatic heterocycles. The molecule has 2 N–H and O–H groups in total. The summed E-state index contributed by atoms with van der Waals surface area (Å²) in [5.74, 6) is -0.237. The van der Waals surface area contributed by atoms with Crippen LogP contribution in [0.3, 0.4) is 0 Å². The number of carbonyl (C=O) groups excluding carboxylic acids is 1. The van der Waals surface area contributed by atoms with Gasteiger partial charge in [-0.1, -0.05) is 43.7 Å². The first-order valence-electron chi connectivity index (χ1n) is 6.55. The van der Waals surface area contributed by atoms with Crippen molar-refractivity contribution in [3.63, 3.8) is 0 Å². The van der Waals surface area contributed by atoms with Crippen molar-refractivity contribution >= 4 is 5.91 Å². The van der Waals surface area contributed by atoms with E-state index in [4.69, 9.17) is 0 Å². The van der Waals surface area contributed by atoms with Gasteiger partial charge in [-0.05, 0) is 17.6 Å². The summed E-state index contributed by atoms with van der Waals surface area (Å²) >= 11 is 0. The second kappa shape index (κ2) is 5.99. The van der Waals surface area contributed by atoms with Gasteiger partial charge in [-0.3, -0.25) is 4.79 Å². The van der Waals surface area contributed by atoms with Crippen molar-refractivity contribution in [2.75, 3.05) is 6.61 Å². The number of amides is 1. The third kappa shape index (κ3) is 2.69. The van der Waals surface area contributed by atoms with Gasteiger partial charge in [0.15, 0.2) is 6.23 Å². The van der Waals surface area contributed by atoms with Crippen LogP contribution in [0.4, 0.5) is 0 Å². The summed E-state index contributed by atoms with van der Waals surface area (Å²) in [6, 6.07) is 8.77. The molecule has 0 fully saturated rings. The minimum Gasteiger partial charge on any atom is -0.394 e. The molecule has 1 aliphatic rings. The third-order valence-corrected chi connectivity index (χ3v) is 3.39. The van der Waals surface area contributed by atoms with Gasteiger partial charge < -0.3 is 15.1 Å². The highest BCUT2D eigenvalue weighted by Gasteiger charge is 2.36. The molecule has 4 heteroatoms. The summed E-state index contributed by atoms with van der Waals surface area (Å²) in [5.41, 5.74) is 1.55. The standard InChI is InChI=1S/C15H19NO3/c1-2-6-12-9-14(18)16(15(12)19)13(10-17)11-7-4-3-5-8-11/h3-5,7-9,13,15,17,19H,2,6,10H2,1H3/t13-,15?/m0/s1. The zero-order valence-electron chi connectivity index (χ0n) is 11.0. The molecule has 2 atom stereocenters. The molecule has 0 spiro atoms. The van der Waals surface area contributed by atoms with E-state index in [1.807, 2.05) is 37.3 Å². The fourth-order valence-corrected chi connectivity index (χ4v) is 2.45. The molecular weight excluding hydrogens is 242 g/mol. The smallest absolute Gasteiger partial charge is 0.249 e. The fourth-order valence-electron chi connectivity index (χ4n) is 2.45. The lowest BCUT2D eigenvalue weighted by atomic mass is 10.1. The molecule has 1 aromatic carbocycles. The Hall–Kier alpha value is -1.65. The maximum absolute atomic E-state index is 12.0. The average molecular weight is 261 g/mol. The topological polar surface area (TPSA) is 60.8 Å². The van der Waals surface area contributed by atoms with Gasteiger partial charge >= 0.3 is 0 Å². The lowest BCUT2D eigenvalue weighted by Crippen LogP contribution is -2.40. The summed E-state index contributed by atoms with van der Waals surface area (Å²) in [6.07, 6.45) is 2.12. The van der Waals surface area contributed by atoms with Gasteiger partial charge in [0.1, 0.15) is 0 Å². The lowest BCUT2D eigenvalue weighted by Gasteiger charge is -2.31. The molecule has 2 rings (SSSR count). The van der Waals surface area contributed by atoms with E-state index in [0.717, 1.165) is 17.6 Å². The van der Waals surface area contributed by atoms with E-state index in [0.29, 0.717) is 6.42 Å². The molecule has 4 nitrogen and oxygen atoms in total. The number of hydrogen-bond donors (Lipinski definition) is 2. The second-order valence-corrected chi connectivity index (χ2v) is 4.70. The molecule has 1 unspecified atom stereocenters. The Bertz CT molecular complexity index is 470. The number of aliphatic hydroxyl groups excluding tert-OH is 2. The SMILES string of the molecule is CCCC1=CC(=O)N([C@@H](CO)c2ccccc2)C1O. The molecule has 0 aliphatic carbocycles. The molecule has 0 saturated heterocycles. The van der Waals surface area contributed by atoms with E-state index in [-0.39, 0.29) is 12.5 Å². The van der Waals surface area contributed by atoms with Gasteiger partial charge in [0.05, 0.1) is 12.6 Å². The highest BCUT2D eigenvalue weighted by Crippen LogP contribution is 2.30. The number of benzene rings is 1. The van der Waals surface area contributed by atoms with E-state index in [2.05, 4.69) is 0 Å². The molecule has 0 bridgehead atoms. The molecule has 1 amide bonds. The zero-order valence-corrected chi connectivity index (χ0v) is 11.0. The summed E-state index contributed by atoms with van der Waals surface area (Å²) in [5, 5.41) is 19.8. The monoisotopic (exact) mass is 261 g/mol. The highest BCUT2D eigenvalue weighted by molar-refractivity contribution is 5.92. The molecule has 0 radical (unpaired) electrons. The second-order valence-electron chi connectivity index (χ2n) is 4.70. The number of aliphatic hydroxyl groups is 2. The summed E-state index contributed by atoms with van der Waals surface area (Å²) in [7, 11) is 0. The molecular formula is C15H19NO3. The molecule has 19 heavy (non-hydrogen) atoms. The van der Waals surface area contributed by atoms with Gasteiger partial charge in [-0.2, -0.15) is 0 Å². The quantitative estimate of drug-likeness (QED) is 0.846. The van der Waals surface area contributed by atoms with Gasteiger partial charge in [-0.15, -0.1) is 0 Å². The van der Waals surface area contributed by atoms with E-state index in [1.165, 1.54) is 11.0 Å². The minimum absolute atomic E-state index is 0.208. The first kappa shape index (κ1) is 13.8. The Morgan fingerprint density at radius 2 is 2.00 bits per heavy atom. The Balaban J connectivity index is 2.24. The molecule has 1 heterocycles. The highest BCUT2D eigenvalue weighted by atomic mass is 16.3. The minimum atomic E-state index is -0.926. The molecule has 102 valence electrons. The van der Waals surface area contributed by atoms with Crippen LogP contribution in [0.2, 0.25) is 0 Å². The first-order valence-corrected chi connectivity index (χ1v) is 6.55. The maximum atomic E-state index is 12.0. The van der Waals surface area contributed by atoms with E-state index < -0.39 is 12.3 Å². The van der Waals surface area contributed by atoms with Crippen LogP contribution >= 0.6 is 0 Å². The Morgan fingerprint density at radius 1 is 1.32 bits per heavy atom. The van der Waals surface area contributed by atoms with E-state index >= 15 is 0 Å². The normalized spacial score (nSPS) is 20.6. The van der Waals surface area contributed by atoms with Crippen molar-refractivity contribution in [2.24, 2.45) is 0 Å². The van der Waals surface area contributed by atoms with Gasteiger partial charge in [0, 0.05) is 6.08 Å². The Labute approximate surface area is 113 Å². The summed E-state index contributed by atoms with van der Waals surface area (Å²) in [6.45, 7) is 1.79. The van der Waals surface area contributed by atoms with E-state index in [9.17, 15) is 15.0 Å². The van der Waals surface area contributed by atoms with Gasteiger partial charge in [-0.25, -0.2) is 0 Å². The van der Waals surface area contributed by atoms with Crippen LogP contribution in [0, 0.1) is 0 Å². The average Bonchev–Trinajstić information content (AvgIpc) is 2.69. The zero-order chi connectivity index (χ0) is 13.8. The van der Waals surface area contributed by atoms with Crippen LogP contribution in [0.25, 0.3) is 0 Å². The molecule has 0 saturated carbocycles. The number of carbonyl (C=O) groups is 1. The van der Waals surface area contributed by atoms with Crippen molar-refractivity contribution in [1.82, 2.24) is 4.90 Å². The van der Waals surface area contributed by atoms with Crippen molar-refractivity contribution in [2.45, 2.75) is 32.0 Å². The first-order chi connectivity index (χ1) is 9.19. The predicted molar refractivity (Wildman–Crippen MR) is 72.1 cm³/mol. The van der Waals surface area contributed by atoms with Crippen LogP contribution in [-0.4, -0.2) is 33.9 Å². The summed E-state index contributed by atoms with van der Waals surface area (Å²) < 4.78 is 0. The fraction of sp³-hybridized carbons (Fsp3) is 0.400. The Kier molecular flexibility index (Phi) is 4.35. The molecule has 1 aromatic rings. The van der Waals surface area contributed by atoms with Crippen molar-refractivity contribution in [1.29, 1.82) is 0 Å². The van der Waals surface area contributed by atoms with Crippen LogP contribution in [0.15, 0.2) is 42.0 Å². The van der Waals surface area contributed by atoms with Gasteiger partial charge in [0.2, 0.25) is 5.91 Å². The van der Waals surface area contributed by atoms with Crippen LogP contribution < -0.4 is 0 Å². The Morgan fingerprint density at radius 3 is 2.58 bits per heavy atom.